The van der Waals surface area contributed by atoms with Crippen LogP contribution in [0.3, 0.4) is 0 Å². The molecule has 172 valence electrons. The lowest BCUT2D eigenvalue weighted by molar-refractivity contribution is -0.140. The fourth-order valence-corrected chi connectivity index (χ4v) is 3.87. The first-order valence-electron chi connectivity index (χ1n) is 10.2. The number of carbonyl (C=O) groups excluding carboxylic acids is 1. The predicted octanol–water partition coefficient (Wildman–Crippen LogP) is 4.08. The zero-order valence-electron chi connectivity index (χ0n) is 17.8. The molecule has 3 heterocycles. The number of rotatable bonds is 4. The fraction of sp³-hybridized carbons (Fsp3) is 0.261. The molecule has 2 aliphatic rings. The molecule has 2 atom stereocenters. The van der Waals surface area contributed by atoms with Crippen molar-refractivity contribution in [1.29, 1.82) is 0 Å². The molecule has 10 heteroatoms. The second-order valence-electron chi connectivity index (χ2n) is 8.00. The summed E-state index contributed by atoms with van der Waals surface area (Å²) in [6.45, 7) is 3.88. The van der Waals surface area contributed by atoms with E-state index in [2.05, 4.69) is 15.3 Å². The van der Waals surface area contributed by atoms with Gasteiger partial charge in [0.15, 0.2) is 0 Å². The van der Waals surface area contributed by atoms with Gasteiger partial charge in [-0.3, -0.25) is 14.8 Å². The third-order valence-corrected chi connectivity index (χ3v) is 5.41. The first-order valence-corrected chi connectivity index (χ1v) is 10.2. The maximum atomic E-state index is 14.7. The van der Waals surface area contributed by atoms with Crippen LogP contribution in [0.25, 0.3) is 5.57 Å². The lowest BCUT2D eigenvalue weighted by Gasteiger charge is -2.25. The molecule has 4 rings (SSSR count). The van der Waals surface area contributed by atoms with Crippen LogP contribution >= 0.6 is 0 Å². The quantitative estimate of drug-likeness (QED) is 0.533. The Morgan fingerprint density at radius 3 is 2.64 bits per heavy atom. The number of benzene rings is 1. The van der Waals surface area contributed by atoms with Crippen LogP contribution in [-0.2, 0) is 11.0 Å². The summed E-state index contributed by atoms with van der Waals surface area (Å²) < 4.78 is 54.2. The predicted molar refractivity (Wildman–Crippen MR) is 116 cm³/mol. The third kappa shape index (κ3) is 4.46. The summed E-state index contributed by atoms with van der Waals surface area (Å²) in [5, 5.41) is 2.59. The summed E-state index contributed by atoms with van der Waals surface area (Å²) in [5.41, 5.74) is 5.32. The molecule has 3 N–H and O–H groups in total. The van der Waals surface area contributed by atoms with Gasteiger partial charge in [-0.15, -0.1) is 0 Å². The molecule has 0 fully saturated rings. The Kier molecular flexibility index (Phi) is 5.69. The number of carbonyl (C=O) groups is 1. The Bertz CT molecular complexity index is 1190. The maximum Gasteiger partial charge on any atom is 0.419 e. The number of halogens is 4. The number of aromatic nitrogens is 1. The van der Waals surface area contributed by atoms with Gasteiger partial charge in [-0.05, 0) is 55.3 Å². The smallest absolute Gasteiger partial charge is 0.399 e. The van der Waals surface area contributed by atoms with E-state index in [0.29, 0.717) is 18.4 Å². The van der Waals surface area contributed by atoms with Crippen molar-refractivity contribution in [2.24, 2.45) is 4.99 Å². The summed E-state index contributed by atoms with van der Waals surface area (Å²) in [6.07, 6.45) is 1.88. The first kappa shape index (κ1) is 22.5. The summed E-state index contributed by atoms with van der Waals surface area (Å²) in [6, 6.07) is 4.09. The van der Waals surface area contributed by atoms with Crippen LogP contribution in [0.4, 0.5) is 23.2 Å². The zero-order chi connectivity index (χ0) is 23.9. The Balaban J connectivity index is 1.66. The van der Waals surface area contributed by atoms with Gasteiger partial charge in [0.05, 0.1) is 23.2 Å². The molecule has 2 aromatic rings. The second-order valence-corrected chi connectivity index (χ2v) is 8.00. The number of anilines is 1. The SMILES string of the molecule is C[C@@H]1CN2C=C(c3ccncc3)C=C(C(=O)N[C@H](C)c3cc(N)cc(C(F)(F)F)c3F)C2=N1. The van der Waals surface area contributed by atoms with Crippen molar-refractivity contribution in [1.82, 2.24) is 15.2 Å². The van der Waals surface area contributed by atoms with Gasteiger partial charge in [-0.1, -0.05) is 0 Å². The molecular formula is C23H21F4N5O. The van der Waals surface area contributed by atoms with Crippen molar-refractivity contribution in [2.45, 2.75) is 32.1 Å². The zero-order valence-corrected chi connectivity index (χ0v) is 17.8. The summed E-state index contributed by atoms with van der Waals surface area (Å²) in [7, 11) is 0. The van der Waals surface area contributed by atoms with Gasteiger partial charge in [0.2, 0.25) is 0 Å². The molecule has 6 nitrogen and oxygen atoms in total. The topological polar surface area (TPSA) is 83.6 Å². The number of alkyl halides is 3. The minimum Gasteiger partial charge on any atom is -0.399 e. The van der Waals surface area contributed by atoms with Gasteiger partial charge < -0.3 is 16.0 Å². The number of amidine groups is 1. The number of amides is 1. The number of hydrogen-bond acceptors (Lipinski definition) is 5. The molecule has 0 aliphatic carbocycles. The maximum absolute atomic E-state index is 14.7. The number of nitrogen functional groups attached to an aromatic ring is 1. The van der Waals surface area contributed by atoms with E-state index in [0.717, 1.165) is 17.2 Å². The molecule has 0 saturated carbocycles. The standard InChI is InChI=1S/C23H21F4N5O/c1-12-10-32-11-15(14-3-5-29-6-4-14)7-18(21(32)30-12)22(33)31-13(2)17-8-16(28)9-19(20(17)24)23(25,26)27/h3-9,11-13H,10,28H2,1-2H3,(H,31,33)/t12-,13-/m1/s1. The van der Waals surface area contributed by atoms with Gasteiger partial charge in [-0.2, -0.15) is 13.2 Å². The highest BCUT2D eigenvalue weighted by Gasteiger charge is 2.37. The Hall–Kier alpha value is -3.69. The van der Waals surface area contributed by atoms with E-state index >= 15 is 0 Å². The largest absolute Gasteiger partial charge is 0.419 e. The number of nitrogens with two attached hydrogens (primary N) is 1. The molecule has 1 amide bonds. The number of pyridine rings is 1. The van der Waals surface area contributed by atoms with Crippen molar-refractivity contribution in [3.8, 4) is 0 Å². The van der Waals surface area contributed by atoms with Crippen LogP contribution in [0.2, 0.25) is 0 Å². The monoisotopic (exact) mass is 459 g/mol. The number of aliphatic imine (C=N–C) groups is 1. The average molecular weight is 459 g/mol. The minimum atomic E-state index is -4.91. The molecule has 0 radical (unpaired) electrons. The Morgan fingerprint density at radius 2 is 1.97 bits per heavy atom. The van der Waals surface area contributed by atoms with Crippen LogP contribution in [0.5, 0.6) is 0 Å². The van der Waals surface area contributed by atoms with Gasteiger partial charge in [-0.25, -0.2) is 4.39 Å². The van der Waals surface area contributed by atoms with E-state index in [1.807, 2.05) is 18.0 Å². The molecule has 0 saturated heterocycles. The molecule has 0 spiro atoms. The van der Waals surface area contributed by atoms with Crippen LogP contribution in [0.1, 0.15) is 36.6 Å². The molecule has 1 aromatic carbocycles. The normalized spacial score (nSPS) is 18.8. The van der Waals surface area contributed by atoms with E-state index < -0.39 is 29.5 Å². The Morgan fingerprint density at radius 1 is 1.27 bits per heavy atom. The highest BCUT2D eigenvalue weighted by Crippen LogP contribution is 2.36. The third-order valence-electron chi connectivity index (χ3n) is 5.41. The number of allylic oxidation sites excluding steroid dienone is 2. The number of nitrogens with one attached hydrogen (secondary N) is 1. The van der Waals surface area contributed by atoms with Crippen LogP contribution < -0.4 is 11.1 Å². The van der Waals surface area contributed by atoms with E-state index in [4.69, 9.17) is 5.73 Å². The number of nitrogens with zero attached hydrogens (tertiary/aromatic N) is 3. The molecule has 0 bridgehead atoms. The molecule has 1 aromatic heterocycles. The van der Waals surface area contributed by atoms with Crippen molar-refractivity contribution < 1.29 is 22.4 Å². The van der Waals surface area contributed by atoms with Crippen LogP contribution in [0, 0.1) is 5.82 Å². The van der Waals surface area contributed by atoms with Crippen LogP contribution in [-0.4, -0.2) is 34.2 Å². The number of fused-ring (bicyclic) bond motifs is 1. The molecule has 2 aliphatic heterocycles. The fourth-order valence-electron chi connectivity index (χ4n) is 3.87. The molecule has 0 unspecified atom stereocenters. The summed E-state index contributed by atoms with van der Waals surface area (Å²) in [5.74, 6) is -1.60. The van der Waals surface area contributed by atoms with E-state index in [1.54, 1.807) is 30.6 Å². The Labute approximate surface area is 187 Å². The lowest BCUT2D eigenvalue weighted by atomic mass is 9.99. The van der Waals surface area contributed by atoms with E-state index in [-0.39, 0.29) is 22.9 Å². The van der Waals surface area contributed by atoms with Crippen molar-refractivity contribution in [3.05, 3.63) is 77.0 Å². The van der Waals surface area contributed by atoms with Crippen LogP contribution in [0.15, 0.2) is 59.5 Å². The van der Waals surface area contributed by atoms with Gasteiger partial charge in [0.1, 0.15) is 11.7 Å². The van der Waals surface area contributed by atoms with Gasteiger partial charge >= 0.3 is 6.18 Å². The van der Waals surface area contributed by atoms with E-state index in [1.165, 1.54) is 6.92 Å². The second kappa shape index (κ2) is 8.34. The van der Waals surface area contributed by atoms with Gasteiger partial charge in [0, 0.05) is 36.4 Å². The highest BCUT2D eigenvalue weighted by molar-refractivity contribution is 6.24. The highest BCUT2D eigenvalue weighted by atomic mass is 19.4. The minimum absolute atomic E-state index is 0.0534. The molecular weight excluding hydrogens is 438 g/mol. The van der Waals surface area contributed by atoms with Crippen molar-refractivity contribution >= 4 is 23.0 Å². The van der Waals surface area contributed by atoms with Crippen molar-refractivity contribution in [2.75, 3.05) is 12.3 Å². The summed E-state index contributed by atoms with van der Waals surface area (Å²) >= 11 is 0. The average Bonchev–Trinajstić information content (AvgIpc) is 3.14. The van der Waals surface area contributed by atoms with Gasteiger partial charge in [0.25, 0.3) is 5.91 Å². The lowest BCUT2D eigenvalue weighted by Crippen LogP contribution is -2.37. The summed E-state index contributed by atoms with van der Waals surface area (Å²) in [4.78, 5) is 23.5. The van der Waals surface area contributed by atoms with E-state index in [9.17, 15) is 22.4 Å². The molecule has 33 heavy (non-hydrogen) atoms. The van der Waals surface area contributed by atoms with Crippen molar-refractivity contribution in [3.63, 3.8) is 0 Å². The first-order chi connectivity index (χ1) is 15.5. The number of hydrogen-bond donors (Lipinski definition) is 2.